The first-order chi connectivity index (χ1) is 8.27. The molecular formula is C12H20N4O. The zero-order chi connectivity index (χ0) is 12.1. The van der Waals surface area contributed by atoms with E-state index in [1.165, 1.54) is 6.42 Å². The maximum atomic E-state index is 11.8. The van der Waals surface area contributed by atoms with Gasteiger partial charge in [0.25, 0.3) is 0 Å². The lowest BCUT2D eigenvalue weighted by Crippen LogP contribution is -2.32. The molecule has 1 aromatic heterocycles. The minimum Gasteiger partial charge on any atom is -0.354 e. The van der Waals surface area contributed by atoms with Crippen molar-refractivity contribution in [2.75, 3.05) is 19.6 Å². The van der Waals surface area contributed by atoms with Crippen molar-refractivity contribution in [2.45, 2.75) is 25.8 Å². The summed E-state index contributed by atoms with van der Waals surface area (Å²) in [7, 11) is 0. The predicted octanol–water partition coefficient (Wildman–Crippen LogP) is 0.560. The van der Waals surface area contributed by atoms with Gasteiger partial charge < -0.3 is 10.6 Å². The van der Waals surface area contributed by atoms with Gasteiger partial charge in [0.15, 0.2) is 0 Å². The number of nitrogens with zero attached hydrogens (tertiary/aromatic N) is 2. The van der Waals surface area contributed by atoms with Crippen LogP contribution in [0.5, 0.6) is 0 Å². The van der Waals surface area contributed by atoms with Crippen molar-refractivity contribution in [3.05, 3.63) is 18.5 Å². The molecule has 0 aromatic carbocycles. The van der Waals surface area contributed by atoms with Gasteiger partial charge in [0, 0.05) is 18.9 Å². The summed E-state index contributed by atoms with van der Waals surface area (Å²) in [5.41, 5.74) is 0. The molecule has 5 heteroatoms. The maximum Gasteiger partial charge on any atom is 0.244 e. The molecule has 1 aliphatic rings. The Hall–Kier alpha value is -1.36. The van der Waals surface area contributed by atoms with Crippen LogP contribution in [0.25, 0.3) is 0 Å². The van der Waals surface area contributed by atoms with Crippen LogP contribution in [0.2, 0.25) is 0 Å². The fourth-order valence-corrected chi connectivity index (χ4v) is 2.14. The van der Waals surface area contributed by atoms with E-state index in [1.54, 1.807) is 10.9 Å². The molecule has 1 aliphatic heterocycles. The van der Waals surface area contributed by atoms with E-state index in [0.29, 0.717) is 0 Å². The molecule has 2 unspecified atom stereocenters. The molecule has 94 valence electrons. The molecule has 2 atom stereocenters. The molecule has 0 bridgehead atoms. The van der Waals surface area contributed by atoms with Crippen LogP contribution in [-0.4, -0.2) is 35.3 Å². The van der Waals surface area contributed by atoms with Crippen molar-refractivity contribution in [3.8, 4) is 0 Å². The summed E-state index contributed by atoms with van der Waals surface area (Å²) < 4.78 is 1.67. The molecule has 1 fully saturated rings. The van der Waals surface area contributed by atoms with Gasteiger partial charge in [-0.15, -0.1) is 0 Å². The molecule has 2 rings (SSSR count). The minimum absolute atomic E-state index is 0.0413. The van der Waals surface area contributed by atoms with Crippen LogP contribution in [0.4, 0.5) is 0 Å². The lowest BCUT2D eigenvalue weighted by Gasteiger charge is -2.14. The Morgan fingerprint density at radius 2 is 2.59 bits per heavy atom. The molecule has 0 saturated carbocycles. The van der Waals surface area contributed by atoms with E-state index in [-0.39, 0.29) is 11.9 Å². The average Bonchev–Trinajstić information content (AvgIpc) is 3.00. The van der Waals surface area contributed by atoms with Gasteiger partial charge in [-0.1, -0.05) is 0 Å². The largest absolute Gasteiger partial charge is 0.354 e. The van der Waals surface area contributed by atoms with Crippen LogP contribution in [0.1, 0.15) is 25.8 Å². The predicted molar refractivity (Wildman–Crippen MR) is 65.5 cm³/mol. The first-order valence-electron chi connectivity index (χ1n) is 6.25. The molecule has 0 spiro atoms. The number of nitrogens with one attached hydrogen (secondary N) is 2. The van der Waals surface area contributed by atoms with Crippen LogP contribution in [0, 0.1) is 5.92 Å². The van der Waals surface area contributed by atoms with Crippen LogP contribution < -0.4 is 10.6 Å². The van der Waals surface area contributed by atoms with Crippen molar-refractivity contribution in [1.29, 1.82) is 0 Å². The van der Waals surface area contributed by atoms with Crippen LogP contribution in [-0.2, 0) is 4.79 Å². The fourth-order valence-electron chi connectivity index (χ4n) is 2.14. The fraction of sp³-hybridized carbons (Fsp3) is 0.667. The van der Waals surface area contributed by atoms with Gasteiger partial charge in [-0.2, -0.15) is 5.10 Å². The second-order valence-corrected chi connectivity index (χ2v) is 4.60. The third-order valence-electron chi connectivity index (χ3n) is 3.32. The van der Waals surface area contributed by atoms with Crippen LogP contribution in [0.3, 0.4) is 0 Å². The van der Waals surface area contributed by atoms with Crippen molar-refractivity contribution in [2.24, 2.45) is 5.92 Å². The van der Waals surface area contributed by atoms with E-state index in [2.05, 4.69) is 15.7 Å². The highest BCUT2D eigenvalue weighted by Gasteiger charge is 2.17. The molecule has 2 N–H and O–H groups in total. The van der Waals surface area contributed by atoms with Gasteiger partial charge in [-0.3, -0.25) is 9.48 Å². The molecule has 5 nitrogen and oxygen atoms in total. The molecule has 1 saturated heterocycles. The summed E-state index contributed by atoms with van der Waals surface area (Å²) >= 11 is 0. The Labute approximate surface area is 102 Å². The molecular weight excluding hydrogens is 216 g/mol. The normalized spacial score (nSPS) is 21.4. The average molecular weight is 236 g/mol. The summed E-state index contributed by atoms with van der Waals surface area (Å²) in [5.74, 6) is 0.759. The van der Waals surface area contributed by atoms with E-state index >= 15 is 0 Å². The van der Waals surface area contributed by atoms with Crippen molar-refractivity contribution in [1.82, 2.24) is 20.4 Å². The van der Waals surface area contributed by atoms with E-state index < -0.39 is 0 Å². The zero-order valence-corrected chi connectivity index (χ0v) is 10.2. The Bertz CT molecular complexity index is 343. The Morgan fingerprint density at radius 3 is 3.24 bits per heavy atom. The molecule has 0 aliphatic carbocycles. The first kappa shape index (κ1) is 12.1. The van der Waals surface area contributed by atoms with E-state index in [0.717, 1.165) is 32.0 Å². The summed E-state index contributed by atoms with van der Waals surface area (Å²) in [6, 6.07) is 1.60. The van der Waals surface area contributed by atoms with Gasteiger partial charge in [-0.25, -0.2) is 0 Å². The number of carbonyl (C=O) groups excluding carboxylic acids is 1. The molecule has 17 heavy (non-hydrogen) atoms. The second kappa shape index (κ2) is 5.82. The van der Waals surface area contributed by atoms with Crippen LogP contribution in [0.15, 0.2) is 18.5 Å². The number of hydrogen-bond acceptors (Lipinski definition) is 3. The van der Waals surface area contributed by atoms with Crippen molar-refractivity contribution in [3.63, 3.8) is 0 Å². The third kappa shape index (κ3) is 3.30. The lowest BCUT2D eigenvalue weighted by atomic mass is 10.1. The monoisotopic (exact) mass is 236 g/mol. The number of amides is 1. The Balaban J connectivity index is 1.69. The van der Waals surface area contributed by atoms with Gasteiger partial charge in [0.1, 0.15) is 6.04 Å². The highest BCUT2D eigenvalue weighted by atomic mass is 16.2. The van der Waals surface area contributed by atoms with Gasteiger partial charge >= 0.3 is 0 Å². The van der Waals surface area contributed by atoms with E-state index in [1.807, 2.05) is 19.2 Å². The topological polar surface area (TPSA) is 59.0 Å². The lowest BCUT2D eigenvalue weighted by molar-refractivity contribution is -0.124. The van der Waals surface area contributed by atoms with Crippen LogP contribution >= 0.6 is 0 Å². The maximum absolute atomic E-state index is 11.8. The second-order valence-electron chi connectivity index (χ2n) is 4.60. The quantitative estimate of drug-likeness (QED) is 0.785. The summed E-state index contributed by atoms with van der Waals surface area (Å²) in [5, 5.41) is 10.4. The smallest absolute Gasteiger partial charge is 0.244 e. The van der Waals surface area contributed by atoms with Gasteiger partial charge in [0.2, 0.25) is 5.91 Å². The zero-order valence-electron chi connectivity index (χ0n) is 10.2. The number of aromatic nitrogens is 2. The Morgan fingerprint density at radius 1 is 1.71 bits per heavy atom. The summed E-state index contributed by atoms with van der Waals surface area (Å²) in [4.78, 5) is 11.8. The highest BCUT2D eigenvalue weighted by molar-refractivity contribution is 5.79. The molecule has 2 heterocycles. The van der Waals surface area contributed by atoms with Gasteiger partial charge in [0.05, 0.1) is 0 Å². The van der Waals surface area contributed by atoms with Crippen molar-refractivity contribution < 1.29 is 4.79 Å². The third-order valence-corrected chi connectivity index (χ3v) is 3.32. The summed E-state index contributed by atoms with van der Waals surface area (Å²) in [6.45, 7) is 4.82. The van der Waals surface area contributed by atoms with Gasteiger partial charge in [-0.05, 0) is 44.8 Å². The number of carbonyl (C=O) groups is 1. The minimum atomic E-state index is -0.230. The standard InChI is InChI=1S/C12H20N4O/c1-10(16-8-2-5-15-16)12(17)14-7-4-11-3-6-13-9-11/h2,5,8,10-11,13H,3-4,6-7,9H2,1H3,(H,14,17). The summed E-state index contributed by atoms with van der Waals surface area (Å²) in [6.07, 6.45) is 5.79. The van der Waals surface area contributed by atoms with Crippen molar-refractivity contribution >= 4 is 5.91 Å². The SMILES string of the molecule is CC(C(=O)NCCC1CCNC1)n1cccn1. The molecule has 1 aromatic rings. The number of rotatable bonds is 5. The Kier molecular flexibility index (Phi) is 4.14. The first-order valence-corrected chi connectivity index (χ1v) is 6.25. The number of hydrogen-bond donors (Lipinski definition) is 2. The molecule has 0 radical (unpaired) electrons. The molecule has 1 amide bonds. The van der Waals surface area contributed by atoms with E-state index in [4.69, 9.17) is 0 Å². The highest BCUT2D eigenvalue weighted by Crippen LogP contribution is 2.11. The van der Waals surface area contributed by atoms with E-state index in [9.17, 15) is 4.79 Å².